The minimum atomic E-state index is -0.547. The Labute approximate surface area is 115 Å². The van der Waals surface area contributed by atoms with Gasteiger partial charge in [0.2, 0.25) is 6.79 Å². The molecule has 1 aromatic heterocycles. The number of rotatable bonds is 5. The summed E-state index contributed by atoms with van der Waals surface area (Å²) in [5.74, 6) is 1.44. The fourth-order valence-corrected chi connectivity index (χ4v) is 2.66. The van der Waals surface area contributed by atoms with Crippen LogP contribution in [0.2, 0.25) is 0 Å². The number of thiophene rings is 1. The number of hydrogen-bond acceptors (Lipinski definition) is 5. The van der Waals surface area contributed by atoms with Gasteiger partial charge in [0.25, 0.3) is 0 Å². The molecule has 0 bridgehead atoms. The minimum absolute atomic E-state index is 0.255. The average molecular weight is 277 g/mol. The van der Waals surface area contributed by atoms with Crippen molar-refractivity contribution >= 4 is 11.3 Å². The van der Waals surface area contributed by atoms with Crippen LogP contribution in [-0.2, 0) is 6.54 Å². The normalized spacial score (nSPS) is 14.6. The molecule has 19 heavy (non-hydrogen) atoms. The molecule has 1 aliphatic rings. The Balaban J connectivity index is 1.56. The lowest BCUT2D eigenvalue weighted by atomic mass is 10.1. The second-order valence-electron chi connectivity index (χ2n) is 4.34. The van der Waals surface area contributed by atoms with Gasteiger partial charge in [-0.05, 0) is 29.1 Å². The predicted octanol–water partition coefficient (Wildman–Crippen LogP) is 2.30. The van der Waals surface area contributed by atoms with Crippen molar-refractivity contribution in [1.82, 2.24) is 5.32 Å². The van der Waals surface area contributed by atoms with Gasteiger partial charge in [-0.1, -0.05) is 12.1 Å². The largest absolute Gasteiger partial charge is 0.454 e. The molecule has 2 aromatic rings. The second-order valence-corrected chi connectivity index (χ2v) is 5.37. The maximum Gasteiger partial charge on any atom is 0.231 e. The summed E-state index contributed by atoms with van der Waals surface area (Å²) in [6.45, 7) is 1.54. The van der Waals surface area contributed by atoms with E-state index < -0.39 is 6.10 Å². The molecule has 2 heterocycles. The SMILES string of the molecule is OC(CNCc1cccs1)c1ccc2c(c1)OCO2. The number of aliphatic hydroxyl groups excluding tert-OH is 1. The first-order valence-corrected chi connectivity index (χ1v) is 7.01. The van der Waals surface area contributed by atoms with Crippen molar-refractivity contribution in [2.45, 2.75) is 12.6 Å². The van der Waals surface area contributed by atoms with E-state index in [1.807, 2.05) is 29.6 Å². The molecule has 0 saturated carbocycles. The summed E-state index contributed by atoms with van der Waals surface area (Å²) in [6, 6.07) is 9.63. The van der Waals surface area contributed by atoms with Gasteiger partial charge >= 0.3 is 0 Å². The van der Waals surface area contributed by atoms with Crippen LogP contribution in [0.5, 0.6) is 11.5 Å². The Kier molecular flexibility index (Phi) is 3.68. The van der Waals surface area contributed by atoms with Gasteiger partial charge in [0.15, 0.2) is 11.5 Å². The number of hydrogen-bond donors (Lipinski definition) is 2. The topological polar surface area (TPSA) is 50.7 Å². The monoisotopic (exact) mass is 277 g/mol. The third-order valence-electron chi connectivity index (χ3n) is 3.00. The first kappa shape index (κ1) is 12.5. The predicted molar refractivity (Wildman–Crippen MR) is 73.6 cm³/mol. The molecular formula is C14H15NO3S. The van der Waals surface area contributed by atoms with Gasteiger partial charge in [-0.25, -0.2) is 0 Å². The highest BCUT2D eigenvalue weighted by molar-refractivity contribution is 7.09. The van der Waals surface area contributed by atoms with Crippen LogP contribution >= 0.6 is 11.3 Å². The van der Waals surface area contributed by atoms with E-state index in [4.69, 9.17) is 9.47 Å². The maximum atomic E-state index is 10.1. The van der Waals surface area contributed by atoms with Crippen molar-refractivity contribution < 1.29 is 14.6 Å². The van der Waals surface area contributed by atoms with Gasteiger partial charge in [0.1, 0.15) is 0 Å². The van der Waals surface area contributed by atoms with Crippen molar-refractivity contribution in [3.05, 3.63) is 46.2 Å². The Morgan fingerprint density at radius 3 is 3.00 bits per heavy atom. The highest BCUT2D eigenvalue weighted by Gasteiger charge is 2.16. The molecule has 1 atom stereocenters. The molecule has 4 nitrogen and oxygen atoms in total. The molecule has 1 unspecified atom stereocenters. The van der Waals surface area contributed by atoms with Crippen LogP contribution in [0.25, 0.3) is 0 Å². The first-order chi connectivity index (χ1) is 9.33. The molecule has 0 aliphatic carbocycles. The van der Waals surface area contributed by atoms with E-state index in [1.165, 1.54) is 4.88 Å². The smallest absolute Gasteiger partial charge is 0.231 e. The van der Waals surface area contributed by atoms with E-state index in [0.717, 1.165) is 17.9 Å². The summed E-state index contributed by atoms with van der Waals surface area (Å²) in [5.41, 5.74) is 0.836. The van der Waals surface area contributed by atoms with Gasteiger partial charge in [-0.15, -0.1) is 11.3 Å². The summed E-state index contributed by atoms with van der Waals surface area (Å²) in [6.07, 6.45) is -0.547. The summed E-state index contributed by atoms with van der Waals surface area (Å²) in [7, 11) is 0. The number of ether oxygens (including phenoxy) is 2. The zero-order valence-corrected chi connectivity index (χ0v) is 11.2. The Hall–Kier alpha value is -1.56. The Morgan fingerprint density at radius 2 is 2.16 bits per heavy atom. The molecule has 0 spiro atoms. The van der Waals surface area contributed by atoms with E-state index in [9.17, 15) is 5.11 Å². The van der Waals surface area contributed by atoms with Gasteiger partial charge in [0.05, 0.1) is 6.10 Å². The van der Waals surface area contributed by atoms with Gasteiger partial charge < -0.3 is 19.9 Å². The van der Waals surface area contributed by atoms with Crippen LogP contribution in [-0.4, -0.2) is 18.4 Å². The highest BCUT2D eigenvalue weighted by atomic mass is 32.1. The summed E-state index contributed by atoms with van der Waals surface area (Å²) >= 11 is 1.71. The molecule has 0 amide bonds. The highest BCUT2D eigenvalue weighted by Crippen LogP contribution is 2.34. The molecule has 100 valence electrons. The fraction of sp³-hybridized carbons (Fsp3) is 0.286. The van der Waals surface area contributed by atoms with Gasteiger partial charge in [0, 0.05) is 18.0 Å². The summed E-state index contributed by atoms with van der Waals surface area (Å²) in [4.78, 5) is 1.26. The van der Waals surface area contributed by atoms with E-state index in [2.05, 4.69) is 11.4 Å². The third-order valence-corrected chi connectivity index (χ3v) is 3.87. The van der Waals surface area contributed by atoms with Crippen molar-refractivity contribution in [3.8, 4) is 11.5 Å². The molecule has 3 rings (SSSR count). The van der Waals surface area contributed by atoms with E-state index in [0.29, 0.717) is 12.3 Å². The minimum Gasteiger partial charge on any atom is -0.454 e. The molecule has 0 saturated heterocycles. The fourth-order valence-electron chi connectivity index (χ4n) is 1.98. The summed E-state index contributed by atoms with van der Waals surface area (Å²) < 4.78 is 10.5. The van der Waals surface area contributed by atoms with E-state index in [1.54, 1.807) is 11.3 Å². The second kappa shape index (κ2) is 5.61. The van der Waals surface area contributed by atoms with Crippen molar-refractivity contribution in [1.29, 1.82) is 0 Å². The van der Waals surface area contributed by atoms with Crippen molar-refractivity contribution in [2.24, 2.45) is 0 Å². The molecule has 5 heteroatoms. The van der Waals surface area contributed by atoms with Crippen LogP contribution in [0.1, 0.15) is 16.5 Å². The molecule has 1 aliphatic heterocycles. The van der Waals surface area contributed by atoms with Crippen LogP contribution in [0, 0.1) is 0 Å². The number of fused-ring (bicyclic) bond motifs is 1. The van der Waals surface area contributed by atoms with Crippen molar-refractivity contribution in [2.75, 3.05) is 13.3 Å². The van der Waals surface area contributed by atoms with Crippen LogP contribution < -0.4 is 14.8 Å². The maximum absolute atomic E-state index is 10.1. The standard InChI is InChI=1S/C14H15NO3S/c16-12(8-15-7-11-2-1-5-19-11)10-3-4-13-14(6-10)18-9-17-13/h1-6,12,15-16H,7-9H2. The summed E-state index contributed by atoms with van der Waals surface area (Å²) in [5, 5.41) is 15.4. The zero-order chi connectivity index (χ0) is 13.1. The van der Waals surface area contributed by atoms with Crippen LogP contribution in [0.4, 0.5) is 0 Å². The Morgan fingerprint density at radius 1 is 1.26 bits per heavy atom. The lowest BCUT2D eigenvalue weighted by Crippen LogP contribution is -2.20. The molecule has 0 fully saturated rings. The first-order valence-electron chi connectivity index (χ1n) is 6.13. The number of benzene rings is 1. The number of nitrogens with one attached hydrogen (secondary N) is 1. The number of aliphatic hydroxyl groups is 1. The molecule has 1 aromatic carbocycles. The van der Waals surface area contributed by atoms with Crippen LogP contribution in [0.3, 0.4) is 0 Å². The van der Waals surface area contributed by atoms with Gasteiger partial charge in [-0.3, -0.25) is 0 Å². The lowest BCUT2D eigenvalue weighted by Gasteiger charge is -2.12. The average Bonchev–Trinajstić information content (AvgIpc) is 3.08. The van der Waals surface area contributed by atoms with Crippen molar-refractivity contribution in [3.63, 3.8) is 0 Å². The van der Waals surface area contributed by atoms with E-state index in [-0.39, 0.29) is 6.79 Å². The quantitative estimate of drug-likeness (QED) is 0.880. The molecular weight excluding hydrogens is 262 g/mol. The lowest BCUT2D eigenvalue weighted by molar-refractivity contribution is 0.170. The van der Waals surface area contributed by atoms with Gasteiger partial charge in [-0.2, -0.15) is 0 Å². The zero-order valence-electron chi connectivity index (χ0n) is 10.3. The van der Waals surface area contributed by atoms with E-state index >= 15 is 0 Å². The Bertz CT molecular complexity index is 542. The molecule has 0 radical (unpaired) electrons. The third kappa shape index (κ3) is 2.89. The molecule has 2 N–H and O–H groups in total. The van der Waals surface area contributed by atoms with Crippen LogP contribution in [0.15, 0.2) is 35.7 Å².